The van der Waals surface area contributed by atoms with Gasteiger partial charge in [-0.3, -0.25) is 4.79 Å². The number of rotatable bonds is 5. The van der Waals surface area contributed by atoms with Crippen LogP contribution in [-0.4, -0.2) is 53.6 Å². The molecule has 2 aromatic rings. The predicted octanol–water partition coefficient (Wildman–Crippen LogP) is 5.25. The summed E-state index contributed by atoms with van der Waals surface area (Å²) in [7, 11) is 1.76. The second-order valence-corrected chi connectivity index (χ2v) is 7.48. The van der Waals surface area contributed by atoms with Crippen LogP contribution in [0, 0.1) is 5.92 Å². The molecular formula is C24H40N4O2. The van der Waals surface area contributed by atoms with Crippen LogP contribution in [0.15, 0.2) is 37.2 Å². The number of fused-ring (bicyclic) bond motifs is 1. The molecule has 3 heterocycles. The molecule has 0 aromatic carbocycles. The number of carbonyl (C=O) groups excluding carboxylic acids is 1. The van der Waals surface area contributed by atoms with Gasteiger partial charge in [0, 0.05) is 55.8 Å². The van der Waals surface area contributed by atoms with Crippen LogP contribution < -0.4 is 5.32 Å². The topological polar surface area (TPSA) is 70.2 Å². The van der Waals surface area contributed by atoms with Gasteiger partial charge in [0.25, 0.3) is 0 Å². The molecule has 2 aliphatic rings. The van der Waals surface area contributed by atoms with Crippen LogP contribution in [0.2, 0.25) is 0 Å². The molecule has 1 aliphatic carbocycles. The number of hydrogen-bond acceptors (Lipinski definition) is 4. The highest BCUT2D eigenvalue weighted by Gasteiger charge is 2.24. The number of likely N-dealkylation sites (tertiary alicyclic amines) is 1. The quantitative estimate of drug-likeness (QED) is 0.516. The molecule has 2 unspecified atom stereocenters. The highest BCUT2D eigenvalue weighted by Crippen LogP contribution is 2.28. The first-order chi connectivity index (χ1) is 14.6. The lowest BCUT2D eigenvalue weighted by Crippen LogP contribution is -2.46. The van der Waals surface area contributed by atoms with Crippen molar-refractivity contribution in [1.29, 1.82) is 0 Å². The summed E-state index contributed by atoms with van der Waals surface area (Å²) >= 11 is 0. The molecule has 2 fully saturated rings. The SMILES string of the molecule is C=CC.CC.CC1CCC(Nc2ccnc3[nH]ccc23)CN1C=O.COCC1CC1. The number of aromatic nitrogens is 2. The molecule has 0 bridgehead atoms. The highest BCUT2D eigenvalue weighted by molar-refractivity contribution is 5.89. The number of amides is 1. The van der Waals surface area contributed by atoms with E-state index in [1.807, 2.05) is 44.0 Å². The number of methoxy groups -OCH3 is 1. The summed E-state index contributed by atoms with van der Waals surface area (Å²) in [5.74, 6) is 0.926. The minimum absolute atomic E-state index is 0.307. The molecule has 2 atom stereocenters. The average Bonchev–Trinajstić information content (AvgIpc) is 3.45. The van der Waals surface area contributed by atoms with E-state index in [0.717, 1.165) is 55.0 Å². The lowest BCUT2D eigenvalue weighted by Gasteiger charge is -2.36. The van der Waals surface area contributed by atoms with Crippen molar-refractivity contribution < 1.29 is 9.53 Å². The van der Waals surface area contributed by atoms with Crippen molar-refractivity contribution in [3.63, 3.8) is 0 Å². The Morgan fingerprint density at radius 1 is 1.30 bits per heavy atom. The fourth-order valence-corrected chi connectivity index (χ4v) is 3.23. The third-order valence-electron chi connectivity index (χ3n) is 4.98. The van der Waals surface area contributed by atoms with Gasteiger partial charge in [0.2, 0.25) is 6.41 Å². The number of carbonyl (C=O) groups is 1. The molecule has 1 saturated carbocycles. The van der Waals surface area contributed by atoms with Crippen molar-refractivity contribution >= 4 is 23.1 Å². The van der Waals surface area contributed by atoms with Gasteiger partial charge in [-0.05, 0) is 57.6 Å². The molecule has 1 aliphatic heterocycles. The Morgan fingerprint density at radius 2 is 2.00 bits per heavy atom. The van der Waals surface area contributed by atoms with Crippen LogP contribution >= 0.6 is 0 Å². The molecule has 1 amide bonds. The number of anilines is 1. The third kappa shape index (κ3) is 8.57. The summed E-state index contributed by atoms with van der Waals surface area (Å²) in [6.07, 6.45) is 11.3. The van der Waals surface area contributed by atoms with E-state index in [1.54, 1.807) is 19.4 Å². The fraction of sp³-hybridized carbons (Fsp3) is 0.583. The Morgan fingerprint density at radius 3 is 2.57 bits per heavy atom. The normalized spacial score (nSPS) is 19.8. The molecular weight excluding hydrogens is 376 g/mol. The molecule has 4 rings (SSSR count). The minimum atomic E-state index is 0.307. The molecule has 0 spiro atoms. The smallest absolute Gasteiger partial charge is 0.210 e. The van der Waals surface area contributed by atoms with Gasteiger partial charge in [0.15, 0.2) is 0 Å². The van der Waals surface area contributed by atoms with Crippen LogP contribution in [0.3, 0.4) is 0 Å². The van der Waals surface area contributed by atoms with E-state index in [-0.39, 0.29) is 0 Å². The van der Waals surface area contributed by atoms with Gasteiger partial charge in [-0.2, -0.15) is 0 Å². The van der Waals surface area contributed by atoms with E-state index in [4.69, 9.17) is 4.74 Å². The summed E-state index contributed by atoms with van der Waals surface area (Å²) in [5, 5.41) is 4.63. The molecule has 168 valence electrons. The Hall–Kier alpha value is -2.34. The standard InChI is InChI=1S/C14H18N4O.C5H10O.C3H6.C2H6/c1-10-2-3-11(8-18(10)9-19)17-13-5-7-16-14-12(13)4-6-15-14;1-6-4-5-2-3-5;1-3-2;1-2/h4-7,9-11H,2-3,8H2,1H3,(H2,15,16,17);5H,2-4H2,1H3;3H,1H2,2H3;1-2H3. The van der Waals surface area contributed by atoms with Crippen molar-refractivity contribution in [2.75, 3.05) is 25.6 Å². The van der Waals surface area contributed by atoms with Gasteiger partial charge < -0.3 is 19.9 Å². The van der Waals surface area contributed by atoms with E-state index in [0.29, 0.717) is 12.1 Å². The Labute approximate surface area is 182 Å². The maximum Gasteiger partial charge on any atom is 0.210 e. The van der Waals surface area contributed by atoms with Crippen molar-refractivity contribution in [2.45, 2.75) is 65.5 Å². The van der Waals surface area contributed by atoms with Crippen molar-refractivity contribution in [2.24, 2.45) is 5.92 Å². The fourth-order valence-electron chi connectivity index (χ4n) is 3.23. The first-order valence-corrected chi connectivity index (χ1v) is 11.1. The van der Waals surface area contributed by atoms with E-state index >= 15 is 0 Å². The summed E-state index contributed by atoms with van der Waals surface area (Å²) in [4.78, 5) is 20.3. The number of aromatic amines is 1. The molecule has 6 nitrogen and oxygen atoms in total. The first kappa shape index (κ1) is 25.7. The second kappa shape index (κ2) is 14.6. The lowest BCUT2D eigenvalue weighted by molar-refractivity contribution is -0.121. The number of allylic oxidation sites excluding steroid dienone is 1. The first-order valence-electron chi connectivity index (χ1n) is 11.1. The van der Waals surface area contributed by atoms with Crippen LogP contribution in [0.5, 0.6) is 0 Å². The molecule has 6 heteroatoms. The monoisotopic (exact) mass is 416 g/mol. The zero-order valence-corrected chi connectivity index (χ0v) is 19.4. The Kier molecular flexibility index (Phi) is 12.5. The molecule has 30 heavy (non-hydrogen) atoms. The summed E-state index contributed by atoms with van der Waals surface area (Å²) in [6, 6.07) is 4.66. The Bertz CT molecular complexity index is 727. The molecule has 1 saturated heterocycles. The largest absolute Gasteiger partial charge is 0.384 e. The molecule has 2 aromatic heterocycles. The number of ether oxygens (including phenoxy) is 1. The van der Waals surface area contributed by atoms with Crippen LogP contribution in [0.4, 0.5) is 5.69 Å². The Balaban J connectivity index is 0.000000340. The zero-order valence-electron chi connectivity index (χ0n) is 19.4. The van der Waals surface area contributed by atoms with Crippen molar-refractivity contribution in [1.82, 2.24) is 14.9 Å². The summed E-state index contributed by atoms with van der Waals surface area (Å²) in [6.45, 7) is 13.1. The van der Waals surface area contributed by atoms with Gasteiger partial charge in [0.1, 0.15) is 5.65 Å². The van der Waals surface area contributed by atoms with Crippen LogP contribution in [0.1, 0.15) is 53.4 Å². The van der Waals surface area contributed by atoms with Crippen LogP contribution in [0.25, 0.3) is 11.0 Å². The van der Waals surface area contributed by atoms with Gasteiger partial charge in [-0.25, -0.2) is 4.98 Å². The lowest BCUT2D eigenvalue weighted by atomic mass is 10.00. The van der Waals surface area contributed by atoms with E-state index in [9.17, 15) is 4.79 Å². The molecule has 2 N–H and O–H groups in total. The van der Waals surface area contributed by atoms with Gasteiger partial charge in [0.05, 0.1) is 0 Å². The molecule has 0 radical (unpaired) electrons. The number of H-pyrrole nitrogens is 1. The van der Waals surface area contributed by atoms with Gasteiger partial charge in [-0.1, -0.05) is 19.9 Å². The number of nitrogens with one attached hydrogen (secondary N) is 2. The number of pyridine rings is 1. The van der Waals surface area contributed by atoms with E-state index in [1.165, 1.54) is 12.8 Å². The minimum Gasteiger partial charge on any atom is -0.384 e. The van der Waals surface area contributed by atoms with Gasteiger partial charge in [-0.15, -0.1) is 6.58 Å². The van der Waals surface area contributed by atoms with Crippen molar-refractivity contribution in [3.05, 3.63) is 37.2 Å². The summed E-state index contributed by atoms with van der Waals surface area (Å²) in [5.41, 5.74) is 1.97. The second-order valence-electron chi connectivity index (χ2n) is 7.48. The van der Waals surface area contributed by atoms with Crippen LogP contribution in [-0.2, 0) is 9.53 Å². The maximum atomic E-state index is 11.0. The summed E-state index contributed by atoms with van der Waals surface area (Å²) < 4.78 is 4.87. The van der Waals surface area contributed by atoms with E-state index in [2.05, 4.69) is 28.8 Å². The van der Waals surface area contributed by atoms with Crippen molar-refractivity contribution in [3.8, 4) is 0 Å². The van der Waals surface area contributed by atoms with E-state index < -0.39 is 0 Å². The average molecular weight is 417 g/mol. The maximum absolute atomic E-state index is 11.0. The predicted molar refractivity (Wildman–Crippen MR) is 127 cm³/mol. The third-order valence-corrected chi connectivity index (χ3v) is 4.98. The number of nitrogens with zero attached hydrogens (tertiary/aromatic N) is 2. The number of hydrogen-bond donors (Lipinski definition) is 2. The highest BCUT2D eigenvalue weighted by atomic mass is 16.5. The zero-order chi connectivity index (χ0) is 22.4. The number of piperidine rings is 1. The van der Waals surface area contributed by atoms with Gasteiger partial charge >= 0.3 is 0 Å².